The molecule has 0 heterocycles. The van der Waals surface area contributed by atoms with Crippen LogP contribution >= 0.6 is 0 Å². The Labute approximate surface area is 85.7 Å². The van der Waals surface area contributed by atoms with Crippen LogP contribution in [-0.2, 0) is 9.59 Å². The maximum Gasteiger partial charge on any atom is 0.221 e. The van der Waals surface area contributed by atoms with Gasteiger partial charge in [-0.25, -0.2) is 0 Å². The van der Waals surface area contributed by atoms with Crippen LogP contribution in [0.15, 0.2) is 0 Å². The van der Waals surface area contributed by atoms with E-state index in [0.29, 0.717) is 0 Å². The summed E-state index contributed by atoms with van der Waals surface area (Å²) in [6.07, 6.45) is 0.257. The minimum atomic E-state index is -0.273. The molecule has 0 unspecified atom stereocenters. The Kier molecular flexibility index (Phi) is 6.12. The highest BCUT2D eigenvalue weighted by atomic mass is 16.2. The van der Waals surface area contributed by atoms with Gasteiger partial charge in [0.1, 0.15) is 5.78 Å². The van der Waals surface area contributed by atoms with Crippen molar-refractivity contribution < 1.29 is 9.59 Å². The van der Waals surface area contributed by atoms with Gasteiger partial charge in [-0.15, -0.1) is 0 Å². The standard InChI is InChI=1S/C10H20N2O2/c1-5-12(6-2)9(8(3)13)7-10(14)11-4/h9H,5-7H2,1-4H3,(H,11,14)/t9-/m1/s1. The monoisotopic (exact) mass is 200 g/mol. The molecule has 1 atom stereocenters. The third kappa shape index (κ3) is 3.87. The summed E-state index contributed by atoms with van der Waals surface area (Å²) < 4.78 is 0. The normalized spacial score (nSPS) is 12.6. The van der Waals surface area contributed by atoms with Gasteiger partial charge in [-0.1, -0.05) is 13.8 Å². The number of amides is 1. The maximum atomic E-state index is 11.3. The molecule has 0 spiro atoms. The van der Waals surface area contributed by atoms with E-state index >= 15 is 0 Å². The van der Waals surface area contributed by atoms with Crippen LogP contribution in [0.25, 0.3) is 0 Å². The Morgan fingerprint density at radius 2 is 1.79 bits per heavy atom. The van der Waals surface area contributed by atoms with Crippen molar-refractivity contribution in [2.75, 3.05) is 20.1 Å². The zero-order valence-electron chi connectivity index (χ0n) is 9.46. The Morgan fingerprint density at radius 3 is 2.07 bits per heavy atom. The van der Waals surface area contributed by atoms with Crippen molar-refractivity contribution in [3.05, 3.63) is 0 Å². The van der Waals surface area contributed by atoms with Gasteiger partial charge in [-0.2, -0.15) is 0 Å². The maximum absolute atomic E-state index is 11.3. The van der Waals surface area contributed by atoms with Crippen LogP contribution in [-0.4, -0.2) is 42.8 Å². The van der Waals surface area contributed by atoms with Gasteiger partial charge in [0.05, 0.1) is 6.04 Å². The van der Waals surface area contributed by atoms with Crippen LogP contribution in [0.5, 0.6) is 0 Å². The molecule has 14 heavy (non-hydrogen) atoms. The molecule has 4 nitrogen and oxygen atoms in total. The Balaban J connectivity index is 4.42. The Morgan fingerprint density at radius 1 is 1.29 bits per heavy atom. The van der Waals surface area contributed by atoms with Gasteiger partial charge in [-0.3, -0.25) is 14.5 Å². The van der Waals surface area contributed by atoms with Crippen molar-refractivity contribution in [2.24, 2.45) is 0 Å². The second-order valence-electron chi connectivity index (χ2n) is 3.22. The highest BCUT2D eigenvalue weighted by molar-refractivity contribution is 5.88. The molecule has 0 aromatic carbocycles. The second kappa shape index (κ2) is 6.54. The summed E-state index contributed by atoms with van der Waals surface area (Å²) >= 11 is 0. The van der Waals surface area contributed by atoms with Crippen LogP contribution in [0.4, 0.5) is 0 Å². The predicted octanol–water partition coefficient (Wildman–Crippen LogP) is 0.422. The Bertz CT molecular complexity index is 200. The van der Waals surface area contributed by atoms with Crippen molar-refractivity contribution in [1.29, 1.82) is 0 Å². The van der Waals surface area contributed by atoms with E-state index in [-0.39, 0.29) is 24.2 Å². The van der Waals surface area contributed by atoms with Gasteiger partial charge in [0.2, 0.25) is 5.91 Å². The number of rotatable bonds is 6. The van der Waals surface area contributed by atoms with E-state index in [0.717, 1.165) is 13.1 Å². The zero-order valence-corrected chi connectivity index (χ0v) is 9.46. The van der Waals surface area contributed by atoms with Gasteiger partial charge >= 0.3 is 0 Å². The third-order valence-electron chi connectivity index (χ3n) is 2.38. The first-order valence-corrected chi connectivity index (χ1v) is 5.01. The van der Waals surface area contributed by atoms with Crippen molar-refractivity contribution in [2.45, 2.75) is 33.2 Å². The van der Waals surface area contributed by atoms with Crippen molar-refractivity contribution >= 4 is 11.7 Å². The summed E-state index contributed by atoms with van der Waals surface area (Å²) in [6, 6.07) is -0.273. The zero-order chi connectivity index (χ0) is 11.1. The molecule has 1 amide bonds. The number of carbonyl (C=O) groups is 2. The molecule has 0 radical (unpaired) electrons. The van der Waals surface area contributed by atoms with Gasteiger partial charge < -0.3 is 5.32 Å². The van der Waals surface area contributed by atoms with Crippen molar-refractivity contribution in [3.63, 3.8) is 0 Å². The first kappa shape index (κ1) is 13.1. The van der Waals surface area contributed by atoms with E-state index in [9.17, 15) is 9.59 Å². The van der Waals surface area contributed by atoms with E-state index < -0.39 is 0 Å². The molecule has 0 aromatic heterocycles. The molecular weight excluding hydrogens is 180 g/mol. The SMILES string of the molecule is CCN(CC)[C@H](CC(=O)NC)C(C)=O. The summed E-state index contributed by atoms with van der Waals surface area (Å²) in [4.78, 5) is 24.5. The molecule has 4 heteroatoms. The lowest BCUT2D eigenvalue weighted by Gasteiger charge is -2.26. The molecule has 0 aliphatic carbocycles. The summed E-state index contributed by atoms with van der Waals surface area (Å²) in [5.74, 6) is -0.0330. The summed E-state index contributed by atoms with van der Waals surface area (Å²) in [7, 11) is 1.59. The van der Waals surface area contributed by atoms with Crippen LogP contribution < -0.4 is 5.32 Å². The Hall–Kier alpha value is -0.900. The molecule has 82 valence electrons. The lowest BCUT2D eigenvalue weighted by molar-refractivity contribution is -0.128. The molecule has 0 aliphatic rings. The molecule has 1 N–H and O–H groups in total. The predicted molar refractivity (Wildman–Crippen MR) is 56.1 cm³/mol. The first-order chi connectivity index (χ1) is 6.56. The summed E-state index contributed by atoms with van der Waals surface area (Å²) in [5.41, 5.74) is 0. The van der Waals surface area contributed by atoms with Gasteiger partial charge in [0.15, 0.2) is 0 Å². The average Bonchev–Trinajstić information content (AvgIpc) is 2.17. The number of nitrogens with one attached hydrogen (secondary N) is 1. The number of hydrogen-bond acceptors (Lipinski definition) is 3. The topological polar surface area (TPSA) is 49.4 Å². The van der Waals surface area contributed by atoms with Crippen LogP contribution in [0, 0.1) is 0 Å². The van der Waals surface area contributed by atoms with Crippen LogP contribution in [0.1, 0.15) is 27.2 Å². The molecular formula is C10H20N2O2. The van der Waals surface area contributed by atoms with Crippen molar-refractivity contribution in [3.8, 4) is 0 Å². The van der Waals surface area contributed by atoms with E-state index in [4.69, 9.17) is 0 Å². The number of hydrogen-bond donors (Lipinski definition) is 1. The van der Waals surface area contributed by atoms with Gasteiger partial charge in [0.25, 0.3) is 0 Å². The number of Topliss-reactive ketones (excluding diaryl/α,β-unsaturated/α-hetero) is 1. The number of nitrogens with zero attached hydrogens (tertiary/aromatic N) is 1. The largest absolute Gasteiger partial charge is 0.359 e. The molecule has 0 rings (SSSR count). The van der Waals surface area contributed by atoms with Gasteiger partial charge in [-0.05, 0) is 20.0 Å². The van der Waals surface area contributed by atoms with E-state index in [1.54, 1.807) is 7.05 Å². The van der Waals surface area contributed by atoms with Gasteiger partial charge in [0, 0.05) is 13.5 Å². The lowest BCUT2D eigenvalue weighted by atomic mass is 10.1. The minimum absolute atomic E-state index is 0.0531. The average molecular weight is 200 g/mol. The molecule has 0 aromatic rings. The summed E-state index contributed by atoms with van der Waals surface area (Å²) in [5, 5.41) is 2.54. The fraction of sp³-hybridized carbons (Fsp3) is 0.800. The van der Waals surface area contributed by atoms with E-state index in [1.165, 1.54) is 6.92 Å². The quantitative estimate of drug-likeness (QED) is 0.676. The highest BCUT2D eigenvalue weighted by Crippen LogP contribution is 2.05. The number of carbonyl (C=O) groups excluding carboxylic acids is 2. The lowest BCUT2D eigenvalue weighted by Crippen LogP contribution is -2.43. The third-order valence-corrected chi connectivity index (χ3v) is 2.38. The molecule has 0 fully saturated rings. The highest BCUT2D eigenvalue weighted by Gasteiger charge is 2.22. The van der Waals surface area contributed by atoms with Crippen LogP contribution in [0.3, 0.4) is 0 Å². The summed E-state index contributed by atoms with van der Waals surface area (Å²) in [6.45, 7) is 7.09. The first-order valence-electron chi connectivity index (χ1n) is 5.01. The fourth-order valence-electron chi connectivity index (χ4n) is 1.47. The van der Waals surface area contributed by atoms with E-state index in [2.05, 4.69) is 5.32 Å². The molecule has 0 aliphatic heterocycles. The van der Waals surface area contributed by atoms with E-state index in [1.807, 2.05) is 18.7 Å². The fourth-order valence-corrected chi connectivity index (χ4v) is 1.47. The smallest absolute Gasteiger partial charge is 0.221 e. The minimum Gasteiger partial charge on any atom is -0.359 e. The van der Waals surface area contributed by atoms with Crippen molar-refractivity contribution in [1.82, 2.24) is 10.2 Å². The van der Waals surface area contributed by atoms with Crippen LogP contribution in [0.2, 0.25) is 0 Å². The number of likely N-dealkylation sites (N-methyl/N-ethyl adjacent to an activating group) is 1. The molecule has 0 saturated carbocycles. The molecule has 0 saturated heterocycles. The second-order valence-corrected chi connectivity index (χ2v) is 3.22. The molecule has 0 bridgehead atoms. The number of ketones is 1.